The van der Waals surface area contributed by atoms with Crippen molar-refractivity contribution in [1.82, 2.24) is 4.90 Å². The van der Waals surface area contributed by atoms with Crippen molar-refractivity contribution < 1.29 is 24.4 Å². The number of fused-ring (bicyclic) bond motifs is 2. The van der Waals surface area contributed by atoms with Crippen LogP contribution in [0.4, 0.5) is 5.69 Å². The summed E-state index contributed by atoms with van der Waals surface area (Å²) in [5, 5.41) is 14.1. The number of ether oxygens (including phenoxy) is 2. The fraction of sp³-hybridized carbons (Fsp3) is 0.769. The zero-order chi connectivity index (χ0) is 24.3. The molecule has 4 heterocycles. The molecule has 34 heavy (non-hydrogen) atoms. The first kappa shape index (κ1) is 24.8. The summed E-state index contributed by atoms with van der Waals surface area (Å²) < 4.78 is 12.8. The van der Waals surface area contributed by atoms with Crippen molar-refractivity contribution in [2.45, 2.75) is 95.1 Å². The van der Waals surface area contributed by atoms with Crippen molar-refractivity contribution in [1.29, 1.82) is 0 Å². The summed E-state index contributed by atoms with van der Waals surface area (Å²) >= 11 is 4.08. The zero-order valence-corrected chi connectivity index (χ0v) is 22.6. The number of rotatable bonds is 6. The van der Waals surface area contributed by atoms with Crippen LogP contribution < -0.4 is 5.32 Å². The van der Waals surface area contributed by atoms with Gasteiger partial charge in [-0.15, -0.1) is 0 Å². The van der Waals surface area contributed by atoms with E-state index in [0.29, 0.717) is 24.1 Å². The minimum Gasteiger partial charge on any atom is -0.508 e. The van der Waals surface area contributed by atoms with Crippen molar-refractivity contribution >= 4 is 21.6 Å². The van der Waals surface area contributed by atoms with E-state index in [9.17, 15) is 5.11 Å². The van der Waals surface area contributed by atoms with Gasteiger partial charge >= 0.3 is 0 Å². The van der Waals surface area contributed by atoms with Crippen LogP contribution in [0.5, 0.6) is 5.75 Å². The predicted octanol–water partition coefficient (Wildman–Crippen LogP) is 5.37. The van der Waals surface area contributed by atoms with Crippen molar-refractivity contribution in [2.75, 3.05) is 18.4 Å². The minimum atomic E-state index is -0.794. The summed E-state index contributed by atoms with van der Waals surface area (Å²) in [5.74, 6) is 0.495. The molecule has 4 saturated heterocycles. The first-order valence-corrected chi connectivity index (χ1v) is 13.6. The summed E-state index contributed by atoms with van der Waals surface area (Å²) in [7, 11) is 0. The number of phenols is 1. The summed E-state index contributed by atoms with van der Waals surface area (Å²) in [6.07, 6.45) is 3.08. The highest BCUT2D eigenvalue weighted by Gasteiger charge is 2.72. The van der Waals surface area contributed by atoms with E-state index in [-0.39, 0.29) is 12.1 Å². The second-order valence-electron chi connectivity index (χ2n) is 11.0. The van der Waals surface area contributed by atoms with Crippen LogP contribution in [0.3, 0.4) is 0 Å². The van der Waals surface area contributed by atoms with Gasteiger partial charge in [0.25, 0.3) is 0 Å². The van der Waals surface area contributed by atoms with Crippen molar-refractivity contribution in [3.63, 3.8) is 0 Å². The van der Waals surface area contributed by atoms with Gasteiger partial charge in [-0.25, -0.2) is 9.78 Å². The quantitative estimate of drug-likeness (QED) is 0.286. The van der Waals surface area contributed by atoms with E-state index in [4.69, 9.17) is 19.2 Å². The Kier molecular flexibility index (Phi) is 6.48. The Balaban J connectivity index is 1.45. The van der Waals surface area contributed by atoms with Gasteiger partial charge in [-0.3, -0.25) is 4.90 Å². The molecule has 8 heteroatoms. The van der Waals surface area contributed by atoms with Gasteiger partial charge < -0.3 is 19.9 Å². The highest BCUT2D eigenvalue weighted by molar-refractivity contribution is 9.10. The van der Waals surface area contributed by atoms with Crippen molar-refractivity contribution in [3.8, 4) is 5.75 Å². The van der Waals surface area contributed by atoms with E-state index in [1.807, 2.05) is 19.1 Å². The molecule has 2 bridgehead atoms. The molecule has 5 fully saturated rings. The number of aromatic hydroxyl groups is 1. The lowest BCUT2D eigenvalue weighted by atomic mass is 9.58. The third-order valence-corrected chi connectivity index (χ3v) is 9.81. The van der Waals surface area contributed by atoms with E-state index < -0.39 is 22.0 Å². The molecule has 1 aromatic rings. The number of anilines is 1. The Bertz CT molecular complexity index is 911. The summed E-state index contributed by atoms with van der Waals surface area (Å²) in [6.45, 7) is 13.3. The maximum Gasteiger partial charge on any atom is 0.201 e. The van der Waals surface area contributed by atoms with Crippen LogP contribution in [0, 0.1) is 17.8 Å². The van der Waals surface area contributed by atoms with Crippen molar-refractivity contribution in [2.24, 2.45) is 17.8 Å². The lowest BCUT2D eigenvalue weighted by molar-refractivity contribution is -0.568. The van der Waals surface area contributed by atoms with Gasteiger partial charge in [-0.2, -0.15) is 0 Å². The summed E-state index contributed by atoms with van der Waals surface area (Å²) in [6, 6.07) is 5.69. The topological polar surface area (TPSA) is 72.4 Å². The molecule has 1 aromatic carbocycles. The van der Waals surface area contributed by atoms with Gasteiger partial charge in [0.2, 0.25) is 5.79 Å². The second kappa shape index (κ2) is 8.89. The molecule has 7 nitrogen and oxygen atoms in total. The van der Waals surface area contributed by atoms with Gasteiger partial charge in [0, 0.05) is 30.1 Å². The third-order valence-electron chi connectivity index (χ3n) is 8.84. The molecule has 190 valence electrons. The summed E-state index contributed by atoms with van der Waals surface area (Å²) in [5.41, 5.74) is 1.18. The monoisotopic (exact) mass is 538 g/mol. The van der Waals surface area contributed by atoms with Gasteiger partial charge in [0.05, 0.1) is 4.32 Å². The molecule has 1 saturated carbocycles. The zero-order valence-electron chi connectivity index (χ0n) is 21.0. The Hall–Kier alpha value is -0.900. The molecule has 1 spiro atoms. The number of benzene rings is 1. The Morgan fingerprint density at radius 2 is 1.91 bits per heavy atom. The second-order valence-corrected chi connectivity index (χ2v) is 12.7. The lowest BCUT2D eigenvalue weighted by Gasteiger charge is -2.62. The van der Waals surface area contributed by atoms with Crippen LogP contribution in [0.2, 0.25) is 0 Å². The Morgan fingerprint density at radius 1 is 1.15 bits per heavy atom. The van der Waals surface area contributed by atoms with E-state index in [1.165, 1.54) is 0 Å². The fourth-order valence-electron chi connectivity index (χ4n) is 6.70. The van der Waals surface area contributed by atoms with E-state index in [2.05, 4.69) is 53.8 Å². The number of nitrogens with one attached hydrogen (secondary N) is 1. The molecule has 1 aliphatic carbocycles. The molecular weight excluding hydrogens is 500 g/mol. The number of hydrogen-bond acceptors (Lipinski definition) is 7. The third kappa shape index (κ3) is 3.89. The maximum atomic E-state index is 10.5. The van der Waals surface area contributed by atoms with Gasteiger partial charge in [0.1, 0.15) is 12.0 Å². The van der Waals surface area contributed by atoms with Gasteiger partial charge in [0.15, 0.2) is 11.9 Å². The number of phenolic OH excluding ortho intramolecular Hbond substituents is 1. The minimum absolute atomic E-state index is 0.146. The largest absolute Gasteiger partial charge is 0.508 e. The van der Waals surface area contributed by atoms with Gasteiger partial charge in [-0.1, -0.05) is 36.7 Å². The van der Waals surface area contributed by atoms with Crippen molar-refractivity contribution in [3.05, 3.63) is 23.8 Å². The Labute approximate surface area is 211 Å². The van der Waals surface area contributed by atoms with E-state index in [0.717, 1.165) is 50.0 Å². The highest BCUT2D eigenvalue weighted by Crippen LogP contribution is 2.63. The van der Waals surface area contributed by atoms with Crippen LogP contribution in [0.1, 0.15) is 65.9 Å². The first-order chi connectivity index (χ1) is 16.1. The maximum absolute atomic E-state index is 10.5. The SMILES string of the molecule is CCN(CC)Cc1cc(NC2O[C@@H]3O[C@@]4(C)CC[C@H]5[C@H](C)CC[C@H]([C@@]35OO4)[C@]2(C)Br)ccc1O. The standard InChI is InChI=1S/C26H39BrN2O5/c1-6-29(7-2)15-17-14-18(9-10-20(17)30)28-22-25(5,27)21-11-8-16(3)19-12-13-24(4)32-23(31-22)26(19,21)34-33-24/h9-10,14,16,19,21-23,28,30H,6-8,11-13,15H2,1-5H3/t16-,19+,21+,22?,23-,24-,25+,26-/m1/s1. The molecule has 4 aliphatic heterocycles. The predicted molar refractivity (Wildman–Crippen MR) is 133 cm³/mol. The number of hydrogen-bond donors (Lipinski definition) is 2. The van der Waals surface area contributed by atoms with Crippen LogP contribution in [0.15, 0.2) is 18.2 Å². The molecule has 2 N–H and O–H groups in total. The molecule has 0 aromatic heterocycles. The fourth-order valence-corrected chi connectivity index (χ4v) is 7.51. The van der Waals surface area contributed by atoms with Gasteiger partial charge in [-0.05, 0) is 76.2 Å². The molecule has 0 radical (unpaired) electrons. The molecule has 0 amide bonds. The molecular formula is C26H39BrN2O5. The number of alkyl halides is 1. The highest BCUT2D eigenvalue weighted by atomic mass is 79.9. The average molecular weight is 540 g/mol. The summed E-state index contributed by atoms with van der Waals surface area (Å²) in [4.78, 5) is 14.5. The van der Waals surface area contributed by atoms with Crippen LogP contribution in [-0.2, 0) is 25.8 Å². The van der Waals surface area contributed by atoms with E-state index >= 15 is 0 Å². The van der Waals surface area contributed by atoms with Crippen LogP contribution in [0.25, 0.3) is 0 Å². The smallest absolute Gasteiger partial charge is 0.201 e. The lowest BCUT2D eigenvalue weighted by Crippen LogP contribution is -2.74. The molecule has 5 aliphatic rings. The first-order valence-electron chi connectivity index (χ1n) is 12.8. The number of halogens is 1. The van der Waals surface area contributed by atoms with Crippen LogP contribution in [-0.4, -0.2) is 51.3 Å². The van der Waals surface area contributed by atoms with E-state index in [1.54, 1.807) is 6.07 Å². The molecule has 8 atom stereocenters. The van der Waals surface area contributed by atoms with Crippen LogP contribution >= 0.6 is 15.9 Å². The number of nitrogens with zero attached hydrogens (tertiary/aromatic N) is 1. The normalized spacial score (nSPS) is 43.4. The Morgan fingerprint density at radius 3 is 2.65 bits per heavy atom. The molecule has 6 rings (SSSR count). The molecule has 1 unspecified atom stereocenters. The average Bonchev–Trinajstić information content (AvgIpc) is 3.03.